The molecule has 0 aliphatic carbocycles. The zero-order chi connectivity index (χ0) is 18.4. The van der Waals surface area contributed by atoms with Gasteiger partial charge in [0, 0.05) is 0 Å². The SMILES string of the molecule is COc1cc(C=NN=C2NC(=O)CS2)ccc1OCc1cccc(F)c1. The van der Waals surface area contributed by atoms with Crippen molar-refractivity contribution in [2.24, 2.45) is 10.2 Å². The molecule has 1 N–H and O–H groups in total. The van der Waals surface area contributed by atoms with Crippen molar-refractivity contribution in [2.75, 3.05) is 12.9 Å². The highest BCUT2D eigenvalue weighted by Crippen LogP contribution is 2.28. The van der Waals surface area contributed by atoms with Crippen LogP contribution in [0.3, 0.4) is 0 Å². The number of hydrogen-bond acceptors (Lipinski definition) is 6. The molecule has 0 bridgehead atoms. The zero-order valence-corrected chi connectivity index (χ0v) is 14.8. The van der Waals surface area contributed by atoms with E-state index in [0.29, 0.717) is 22.4 Å². The normalized spacial score (nSPS) is 15.5. The summed E-state index contributed by atoms with van der Waals surface area (Å²) >= 11 is 1.31. The van der Waals surface area contributed by atoms with Gasteiger partial charge in [-0.1, -0.05) is 23.9 Å². The van der Waals surface area contributed by atoms with E-state index in [1.165, 1.54) is 31.0 Å². The van der Waals surface area contributed by atoms with Gasteiger partial charge in [0.15, 0.2) is 16.7 Å². The molecule has 6 nitrogen and oxygen atoms in total. The van der Waals surface area contributed by atoms with E-state index in [1.807, 2.05) is 0 Å². The van der Waals surface area contributed by atoms with Crippen LogP contribution in [-0.4, -0.2) is 30.2 Å². The molecule has 3 rings (SSSR count). The summed E-state index contributed by atoms with van der Waals surface area (Å²) in [5.74, 6) is 1.05. The fourth-order valence-electron chi connectivity index (χ4n) is 2.20. The highest BCUT2D eigenvalue weighted by molar-refractivity contribution is 8.15. The van der Waals surface area contributed by atoms with Crippen LogP contribution in [0, 0.1) is 5.82 Å². The fraction of sp³-hybridized carbons (Fsp3) is 0.167. The lowest BCUT2D eigenvalue weighted by Gasteiger charge is -2.11. The van der Waals surface area contributed by atoms with E-state index in [4.69, 9.17) is 9.47 Å². The summed E-state index contributed by atoms with van der Waals surface area (Å²) in [5, 5.41) is 11.0. The van der Waals surface area contributed by atoms with Gasteiger partial charge in [0.2, 0.25) is 5.91 Å². The maximum Gasteiger partial charge on any atom is 0.236 e. The average Bonchev–Trinajstić information content (AvgIpc) is 3.05. The molecular weight excluding hydrogens is 357 g/mol. The van der Waals surface area contributed by atoms with Gasteiger partial charge in [-0.15, -0.1) is 5.10 Å². The lowest BCUT2D eigenvalue weighted by molar-refractivity contribution is -0.116. The van der Waals surface area contributed by atoms with E-state index in [0.717, 1.165) is 11.1 Å². The number of nitrogens with zero attached hydrogens (tertiary/aromatic N) is 2. The Labute approximate surface area is 154 Å². The van der Waals surface area contributed by atoms with Gasteiger partial charge in [-0.2, -0.15) is 5.10 Å². The van der Waals surface area contributed by atoms with Gasteiger partial charge in [-0.3, -0.25) is 4.79 Å². The van der Waals surface area contributed by atoms with Gasteiger partial charge in [0.25, 0.3) is 0 Å². The minimum absolute atomic E-state index is 0.0783. The van der Waals surface area contributed by atoms with Crippen LogP contribution in [0.25, 0.3) is 0 Å². The van der Waals surface area contributed by atoms with Crippen molar-refractivity contribution < 1.29 is 18.7 Å². The lowest BCUT2D eigenvalue weighted by Crippen LogP contribution is -2.19. The van der Waals surface area contributed by atoms with Crippen molar-refractivity contribution in [1.82, 2.24) is 5.32 Å². The van der Waals surface area contributed by atoms with Crippen LogP contribution in [0.5, 0.6) is 11.5 Å². The minimum atomic E-state index is -0.303. The first kappa shape index (κ1) is 17.9. The topological polar surface area (TPSA) is 72.3 Å². The summed E-state index contributed by atoms with van der Waals surface area (Å²) in [7, 11) is 1.54. The molecule has 26 heavy (non-hydrogen) atoms. The van der Waals surface area contributed by atoms with Gasteiger partial charge in [0.1, 0.15) is 12.4 Å². The van der Waals surface area contributed by atoms with Crippen LogP contribution < -0.4 is 14.8 Å². The Balaban J connectivity index is 1.66. The Bertz CT molecular complexity index is 871. The first-order valence-electron chi connectivity index (χ1n) is 7.73. The van der Waals surface area contributed by atoms with Crippen LogP contribution in [-0.2, 0) is 11.4 Å². The lowest BCUT2D eigenvalue weighted by atomic mass is 10.2. The van der Waals surface area contributed by atoms with Crippen molar-refractivity contribution in [1.29, 1.82) is 0 Å². The maximum atomic E-state index is 13.2. The smallest absolute Gasteiger partial charge is 0.236 e. The van der Waals surface area contributed by atoms with Gasteiger partial charge in [-0.25, -0.2) is 4.39 Å². The molecule has 0 saturated carbocycles. The van der Waals surface area contributed by atoms with E-state index in [9.17, 15) is 9.18 Å². The second-order valence-corrected chi connectivity index (χ2v) is 6.28. The summed E-state index contributed by atoms with van der Waals surface area (Å²) in [4.78, 5) is 11.1. The second kappa shape index (κ2) is 8.48. The Kier molecular flexibility index (Phi) is 5.85. The minimum Gasteiger partial charge on any atom is -0.493 e. The van der Waals surface area contributed by atoms with Gasteiger partial charge >= 0.3 is 0 Å². The van der Waals surface area contributed by atoms with Crippen molar-refractivity contribution in [2.45, 2.75) is 6.61 Å². The summed E-state index contributed by atoms with van der Waals surface area (Å²) in [6.07, 6.45) is 1.55. The number of thioether (sulfide) groups is 1. The van der Waals surface area contributed by atoms with E-state index in [-0.39, 0.29) is 18.3 Å². The molecule has 1 fully saturated rings. The van der Waals surface area contributed by atoms with Gasteiger partial charge in [-0.05, 0) is 41.5 Å². The van der Waals surface area contributed by atoms with E-state index in [2.05, 4.69) is 15.5 Å². The summed E-state index contributed by atoms with van der Waals surface area (Å²) in [5.41, 5.74) is 1.49. The molecule has 2 aromatic carbocycles. The van der Waals surface area contributed by atoms with Gasteiger partial charge < -0.3 is 14.8 Å². The van der Waals surface area contributed by atoms with Crippen LogP contribution >= 0.6 is 11.8 Å². The highest BCUT2D eigenvalue weighted by atomic mass is 32.2. The fourth-order valence-corrected chi connectivity index (χ4v) is 2.83. The first-order valence-corrected chi connectivity index (χ1v) is 8.71. The Morgan fingerprint density at radius 1 is 1.27 bits per heavy atom. The Morgan fingerprint density at radius 3 is 2.88 bits per heavy atom. The summed E-state index contributed by atoms with van der Waals surface area (Å²) in [6, 6.07) is 11.5. The largest absolute Gasteiger partial charge is 0.493 e. The molecule has 1 aliphatic heterocycles. The molecule has 0 unspecified atom stereocenters. The first-order chi connectivity index (χ1) is 12.6. The number of benzene rings is 2. The van der Waals surface area contributed by atoms with E-state index < -0.39 is 0 Å². The molecule has 2 aromatic rings. The number of ether oxygens (including phenoxy) is 2. The molecule has 0 spiro atoms. The Hall–Kier alpha value is -2.87. The number of amidine groups is 1. The molecule has 1 aliphatic rings. The summed E-state index contributed by atoms with van der Waals surface area (Å²) < 4.78 is 24.3. The van der Waals surface area contributed by atoms with Gasteiger partial charge in [0.05, 0.1) is 19.1 Å². The van der Waals surface area contributed by atoms with Crippen molar-refractivity contribution in [3.05, 3.63) is 59.4 Å². The third kappa shape index (κ3) is 4.82. The number of carbonyl (C=O) groups excluding carboxylic acids is 1. The number of methoxy groups -OCH3 is 1. The number of nitrogens with one attached hydrogen (secondary N) is 1. The van der Waals surface area contributed by atoms with Crippen LogP contribution in [0.1, 0.15) is 11.1 Å². The standard InChI is InChI=1S/C18H16FN3O3S/c1-24-16-8-12(9-20-22-18-21-17(23)11-26-18)5-6-15(16)25-10-13-3-2-4-14(19)7-13/h2-9H,10-11H2,1H3,(H,21,22,23). The third-order valence-electron chi connectivity index (χ3n) is 3.41. The van der Waals surface area contributed by atoms with Crippen molar-refractivity contribution in [3.63, 3.8) is 0 Å². The molecule has 1 amide bonds. The van der Waals surface area contributed by atoms with E-state index >= 15 is 0 Å². The number of hydrogen-bond donors (Lipinski definition) is 1. The number of carbonyl (C=O) groups is 1. The number of rotatable bonds is 6. The maximum absolute atomic E-state index is 13.2. The van der Waals surface area contributed by atoms with Crippen LogP contribution in [0.2, 0.25) is 0 Å². The highest BCUT2D eigenvalue weighted by Gasteiger charge is 2.15. The predicted octanol–water partition coefficient (Wildman–Crippen LogP) is 2.97. The Morgan fingerprint density at radius 2 is 2.15 bits per heavy atom. The predicted molar refractivity (Wildman–Crippen MR) is 99.4 cm³/mol. The third-order valence-corrected chi connectivity index (χ3v) is 4.28. The molecule has 1 heterocycles. The van der Waals surface area contributed by atoms with Crippen molar-refractivity contribution in [3.8, 4) is 11.5 Å². The van der Waals surface area contributed by atoms with E-state index in [1.54, 1.807) is 36.5 Å². The van der Waals surface area contributed by atoms with Crippen molar-refractivity contribution >= 4 is 29.1 Å². The molecule has 134 valence electrons. The molecule has 1 saturated heterocycles. The average molecular weight is 373 g/mol. The molecule has 0 atom stereocenters. The summed E-state index contributed by atoms with van der Waals surface area (Å²) in [6.45, 7) is 0.228. The van der Waals surface area contributed by atoms with Crippen LogP contribution in [0.15, 0.2) is 52.7 Å². The zero-order valence-electron chi connectivity index (χ0n) is 13.9. The van der Waals surface area contributed by atoms with Crippen LogP contribution in [0.4, 0.5) is 4.39 Å². The molecule has 0 radical (unpaired) electrons. The molecule has 8 heteroatoms. The second-order valence-electron chi connectivity index (χ2n) is 5.32. The molecule has 0 aromatic heterocycles. The monoisotopic (exact) mass is 373 g/mol. The number of halogens is 1. The molecular formula is C18H16FN3O3S. The number of amides is 1. The quantitative estimate of drug-likeness (QED) is 0.624.